The maximum absolute atomic E-state index is 12.3. The number of hydrogen-bond acceptors (Lipinski definition) is 1. The van der Waals surface area contributed by atoms with E-state index in [1.165, 1.54) is 16.7 Å². The molecule has 2 aromatic carbocycles. The Morgan fingerprint density at radius 2 is 1.64 bits per heavy atom. The van der Waals surface area contributed by atoms with Gasteiger partial charge in [0.05, 0.1) is 6.04 Å². The molecule has 0 saturated carbocycles. The fourth-order valence-electron chi connectivity index (χ4n) is 2.56. The van der Waals surface area contributed by atoms with E-state index in [0.717, 1.165) is 6.42 Å². The number of benzene rings is 2. The summed E-state index contributed by atoms with van der Waals surface area (Å²) in [4.78, 5) is 12.3. The van der Waals surface area contributed by atoms with Crippen LogP contribution in [0.4, 0.5) is 0 Å². The molecule has 1 unspecified atom stereocenters. The molecule has 0 aromatic heterocycles. The van der Waals surface area contributed by atoms with Crippen molar-refractivity contribution in [3.05, 3.63) is 71.3 Å². The second kappa shape index (κ2) is 7.79. The minimum atomic E-state index is 0.0730. The zero-order valence-corrected chi connectivity index (χ0v) is 13.7. The Balaban J connectivity index is 1.96. The SMILES string of the molecule is Cc1ccc(C(NC(=O)CCc2ccccc2)C(C)C)cc1. The van der Waals surface area contributed by atoms with Crippen molar-refractivity contribution in [2.24, 2.45) is 5.92 Å². The highest BCUT2D eigenvalue weighted by Gasteiger charge is 2.18. The highest BCUT2D eigenvalue weighted by molar-refractivity contribution is 5.76. The summed E-state index contributed by atoms with van der Waals surface area (Å²) in [6, 6.07) is 18.6. The maximum Gasteiger partial charge on any atom is 0.220 e. The van der Waals surface area contributed by atoms with Crippen molar-refractivity contribution in [1.29, 1.82) is 0 Å². The molecular formula is C20H25NO. The van der Waals surface area contributed by atoms with Gasteiger partial charge < -0.3 is 5.32 Å². The lowest BCUT2D eigenvalue weighted by atomic mass is 9.95. The molecule has 2 rings (SSSR count). The molecule has 2 nitrogen and oxygen atoms in total. The molecule has 2 heteroatoms. The van der Waals surface area contributed by atoms with Crippen LogP contribution in [0.15, 0.2) is 54.6 Å². The van der Waals surface area contributed by atoms with E-state index in [2.05, 4.69) is 62.5 Å². The third kappa shape index (κ3) is 4.73. The van der Waals surface area contributed by atoms with Crippen molar-refractivity contribution < 1.29 is 4.79 Å². The number of hydrogen-bond donors (Lipinski definition) is 1. The van der Waals surface area contributed by atoms with Gasteiger partial charge in [-0.15, -0.1) is 0 Å². The third-order valence-corrected chi connectivity index (χ3v) is 3.90. The third-order valence-electron chi connectivity index (χ3n) is 3.90. The fourth-order valence-corrected chi connectivity index (χ4v) is 2.56. The van der Waals surface area contributed by atoms with Crippen molar-refractivity contribution in [3.63, 3.8) is 0 Å². The summed E-state index contributed by atoms with van der Waals surface area (Å²) in [6.45, 7) is 6.36. The van der Waals surface area contributed by atoms with Gasteiger partial charge in [0.1, 0.15) is 0 Å². The Hall–Kier alpha value is -2.09. The van der Waals surface area contributed by atoms with Gasteiger partial charge in [0.25, 0.3) is 0 Å². The van der Waals surface area contributed by atoms with Crippen LogP contribution in [0.1, 0.15) is 43.0 Å². The summed E-state index contributed by atoms with van der Waals surface area (Å²) >= 11 is 0. The van der Waals surface area contributed by atoms with Crippen LogP contribution < -0.4 is 5.32 Å². The van der Waals surface area contributed by atoms with E-state index in [1.54, 1.807) is 0 Å². The lowest BCUT2D eigenvalue weighted by molar-refractivity contribution is -0.122. The lowest BCUT2D eigenvalue weighted by Gasteiger charge is -2.23. The Morgan fingerprint density at radius 1 is 1.00 bits per heavy atom. The zero-order valence-electron chi connectivity index (χ0n) is 13.7. The molecule has 0 spiro atoms. The lowest BCUT2D eigenvalue weighted by Crippen LogP contribution is -2.31. The van der Waals surface area contributed by atoms with Crippen molar-refractivity contribution in [2.45, 2.75) is 39.7 Å². The van der Waals surface area contributed by atoms with Gasteiger partial charge >= 0.3 is 0 Å². The molecule has 0 aliphatic heterocycles. The monoisotopic (exact) mass is 295 g/mol. The normalized spacial score (nSPS) is 12.2. The van der Waals surface area contributed by atoms with E-state index < -0.39 is 0 Å². The van der Waals surface area contributed by atoms with E-state index in [0.29, 0.717) is 12.3 Å². The van der Waals surface area contributed by atoms with Crippen LogP contribution in [0.2, 0.25) is 0 Å². The summed E-state index contributed by atoms with van der Waals surface area (Å²) in [5.74, 6) is 0.478. The van der Waals surface area contributed by atoms with E-state index >= 15 is 0 Å². The van der Waals surface area contributed by atoms with Crippen molar-refractivity contribution in [3.8, 4) is 0 Å². The molecule has 0 saturated heterocycles. The van der Waals surface area contributed by atoms with Gasteiger partial charge in [-0.2, -0.15) is 0 Å². The molecule has 0 radical (unpaired) electrons. The van der Waals surface area contributed by atoms with Crippen LogP contribution in [0.5, 0.6) is 0 Å². The minimum absolute atomic E-state index is 0.0730. The van der Waals surface area contributed by atoms with Crippen molar-refractivity contribution >= 4 is 5.91 Å². The predicted molar refractivity (Wildman–Crippen MR) is 91.7 cm³/mol. The molecule has 2 aromatic rings. The number of carbonyl (C=O) groups is 1. The number of nitrogens with one attached hydrogen (secondary N) is 1. The van der Waals surface area contributed by atoms with Crippen LogP contribution in [-0.2, 0) is 11.2 Å². The molecule has 0 heterocycles. The van der Waals surface area contributed by atoms with Gasteiger partial charge in [0.15, 0.2) is 0 Å². The first-order chi connectivity index (χ1) is 10.6. The van der Waals surface area contributed by atoms with E-state index in [-0.39, 0.29) is 11.9 Å². The first-order valence-corrected chi connectivity index (χ1v) is 7.96. The average molecular weight is 295 g/mol. The number of carbonyl (C=O) groups excluding carboxylic acids is 1. The Kier molecular flexibility index (Phi) is 5.76. The van der Waals surface area contributed by atoms with Crippen molar-refractivity contribution in [1.82, 2.24) is 5.32 Å². The molecule has 0 fully saturated rings. The standard InChI is InChI=1S/C20H25NO/c1-15(2)20(18-12-9-16(3)10-13-18)21-19(22)14-11-17-7-5-4-6-8-17/h4-10,12-13,15,20H,11,14H2,1-3H3,(H,21,22). The van der Waals surface area contributed by atoms with Crippen LogP contribution in [0.25, 0.3) is 0 Å². The van der Waals surface area contributed by atoms with Gasteiger partial charge in [-0.1, -0.05) is 74.0 Å². The molecule has 1 atom stereocenters. The quantitative estimate of drug-likeness (QED) is 0.838. The van der Waals surface area contributed by atoms with Gasteiger partial charge in [0, 0.05) is 6.42 Å². The first kappa shape index (κ1) is 16.3. The largest absolute Gasteiger partial charge is 0.349 e. The highest BCUT2D eigenvalue weighted by atomic mass is 16.1. The van der Waals surface area contributed by atoms with Crippen LogP contribution >= 0.6 is 0 Å². The summed E-state index contributed by atoms with van der Waals surface area (Å²) in [5.41, 5.74) is 3.62. The Labute approximate surface area is 133 Å². The van der Waals surface area contributed by atoms with E-state index in [4.69, 9.17) is 0 Å². The van der Waals surface area contributed by atoms with Gasteiger partial charge in [0.2, 0.25) is 5.91 Å². The molecule has 116 valence electrons. The minimum Gasteiger partial charge on any atom is -0.349 e. The zero-order chi connectivity index (χ0) is 15.9. The molecule has 22 heavy (non-hydrogen) atoms. The summed E-state index contributed by atoms with van der Waals surface area (Å²) in [5, 5.41) is 3.18. The Bertz CT molecular complexity index is 587. The molecule has 1 amide bonds. The number of rotatable bonds is 6. The highest BCUT2D eigenvalue weighted by Crippen LogP contribution is 2.22. The summed E-state index contributed by atoms with van der Waals surface area (Å²) in [6.07, 6.45) is 1.31. The Morgan fingerprint density at radius 3 is 2.23 bits per heavy atom. The van der Waals surface area contributed by atoms with Crippen molar-refractivity contribution in [2.75, 3.05) is 0 Å². The fraction of sp³-hybridized carbons (Fsp3) is 0.350. The second-order valence-corrected chi connectivity index (χ2v) is 6.19. The van der Waals surface area contributed by atoms with Gasteiger partial charge in [-0.25, -0.2) is 0 Å². The van der Waals surface area contributed by atoms with E-state index in [9.17, 15) is 4.79 Å². The van der Waals surface area contributed by atoms with Gasteiger partial charge in [-0.3, -0.25) is 4.79 Å². The number of amides is 1. The number of aryl methyl sites for hydroxylation is 2. The van der Waals surface area contributed by atoms with E-state index in [1.807, 2.05) is 18.2 Å². The summed E-state index contributed by atoms with van der Waals surface area (Å²) < 4.78 is 0. The molecule has 1 N–H and O–H groups in total. The average Bonchev–Trinajstić information content (AvgIpc) is 2.52. The molecule has 0 bridgehead atoms. The summed E-state index contributed by atoms with van der Waals surface area (Å²) in [7, 11) is 0. The molecule has 0 aliphatic carbocycles. The maximum atomic E-state index is 12.3. The van der Waals surface area contributed by atoms with Crippen LogP contribution in [-0.4, -0.2) is 5.91 Å². The van der Waals surface area contributed by atoms with Crippen LogP contribution in [0, 0.1) is 12.8 Å². The second-order valence-electron chi connectivity index (χ2n) is 6.19. The topological polar surface area (TPSA) is 29.1 Å². The van der Waals surface area contributed by atoms with Gasteiger partial charge in [-0.05, 0) is 30.4 Å². The smallest absolute Gasteiger partial charge is 0.220 e. The van der Waals surface area contributed by atoms with Crippen LogP contribution in [0.3, 0.4) is 0 Å². The molecular weight excluding hydrogens is 270 g/mol. The first-order valence-electron chi connectivity index (χ1n) is 7.96. The molecule has 0 aliphatic rings. The predicted octanol–water partition coefficient (Wildman–Crippen LogP) is 4.44.